The second kappa shape index (κ2) is 4.25. The minimum absolute atomic E-state index is 0.0816. The highest BCUT2D eigenvalue weighted by Crippen LogP contribution is 2.20. The Labute approximate surface area is 102 Å². The molecule has 0 spiro atoms. The summed E-state index contributed by atoms with van der Waals surface area (Å²) >= 11 is 3.33. The van der Waals surface area contributed by atoms with Gasteiger partial charge < -0.3 is 10.2 Å². The molecule has 1 aliphatic rings. The van der Waals surface area contributed by atoms with E-state index in [1.54, 1.807) is 6.92 Å². The lowest BCUT2D eigenvalue weighted by atomic mass is 10.2. The highest BCUT2D eigenvalue weighted by atomic mass is 79.9. The summed E-state index contributed by atoms with van der Waals surface area (Å²) in [6.07, 6.45) is 0. The van der Waals surface area contributed by atoms with Crippen LogP contribution in [0.15, 0.2) is 28.7 Å². The van der Waals surface area contributed by atoms with Gasteiger partial charge in [-0.05, 0) is 31.2 Å². The molecule has 0 radical (unpaired) electrons. The van der Waals surface area contributed by atoms with Crippen LogP contribution in [0.25, 0.3) is 0 Å². The molecule has 1 fully saturated rings. The van der Waals surface area contributed by atoms with Crippen LogP contribution in [0.4, 0.5) is 5.69 Å². The van der Waals surface area contributed by atoms with Crippen LogP contribution < -0.4 is 10.2 Å². The average Bonchev–Trinajstić information content (AvgIpc) is 2.25. The Balaban J connectivity index is 2.28. The smallest absolute Gasteiger partial charge is 0.249 e. The number of anilines is 1. The lowest BCUT2D eigenvalue weighted by molar-refractivity contribution is -0.130. The second-order valence-corrected chi connectivity index (χ2v) is 4.61. The van der Waals surface area contributed by atoms with E-state index < -0.39 is 6.04 Å². The average molecular weight is 283 g/mol. The molecule has 1 heterocycles. The first kappa shape index (κ1) is 11.1. The highest BCUT2D eigenvalue weighted by molar-refractivity contribution is 9.10. The minimum atomic E-state index is -0.454. The Morgan fingerprint density at radius 2 is 1.94 bits per heavy atom. The van der Waals surface area contributed by atoms with E-state index in [4.69, 9.17) is 0 Å². The predicted molar refractivity (Wildman–Crippen MR) is 64.1 cm³/mol. The van der Waals surface area contributed by atoms with Crippen LogP contribution in [0.5, 0.6) is 0 Å². The van der Waals surface area contributed by atoms with Gasteiger partial charge in [-0.3, -0.25) is 9.59 Å². The molecule has 1 aromatic carbocycles. The van der Waals surface area contributed by atoms with Crippen molar-refractivity contribution in [3.63, 3.8) is 0 Å². The molecule has 16 heavy (non-hydrogen) atoms. The lowest BCUT2D eigenvalue weighted by Gasteiger charge is -2.30. The van der Waals surface area contributed by atoms with E-state index >= 15 is 0 Å². The van der Waals surface area contributed by atoms with Gasteiger partial charge in [-0.2, -0.15) is 0 Å². The molecule has 0 saturated carbocycles. The maximum absolute atomic E-state index is 11.9. The number of hydrogen-bond acceptors (Lipinski definition) is 2. The van der Waals surface area contributed by atoms with E-state index in [-0.39, 0.29) is 18.4 Å². The zero-order valence-electron chi connectivity index (χ0n) is 8.74. The van der Waals surface area contributed by atoms with Crippen molar-refractivity contribution in [3.05, 3.63) is 28.7 Å². The fourth-order valence-corrected chi connectivity index (χ4v) is 1.91. The number of amides is 2. The van der Waals surface area contributed by atoms with Gasteiger partial charge in [-0.25, -0.2) is 0 Å². The third-order valence-electron chi connectivity index (χ3n) is 2.45. The van der Waals surface area contributed by atoms with Crippen molar-refractivity contribution in [2.75, 3.05) is 11.4 Å². The summed E-state index contributed by atoms with van der Waals surface area (Å²) in [5.41, 5.74) is 0.745. The zero-order chi connectivity index (χ0) is 11.7. The SMILES string of the molecule is CC1NC(=O)CN(c2ccc(Br)cc2)C1=O. The number of piperazine rings is 1. The van der Waals surface area contributed by atoms with Gasteiger partial charge in [-0.1, -0.05) is 15.9 Å². The van der Waals surface area contributed by atoms with Crippen LogP contribution in [0.3, 0.4) is 0 Å². The normalized spacial score (nSPS) is 20.9. The quantitative estimate of drug-likeness (QED) is 0.844. The van der Waals surface area contributed by atoms with Crippen molar-refractivity contribution in [2.24, 2.45) is 0 Å². The number of nitrogens with one attached hydrogen (secondary N) is 1. The van der Waals surface area contributed by atoms with Gasteiger partial charge in [0.15, 0.2) is 0 Å². The molecule has 0 aliphatic carbocycles. The van der Waals surface area contributed by atoms with Gasteiger partial charge in [0, 0.05) is 10.2 Å². The first-order valence-electron chi connectivity index (χ1n) is 4.94. The molecule has 2 rings (SSSR count). The summed E-state index contributed by atoms with van der Waals surface area (Å²) in [5.74, 6) is -0.211. The Morgan fingerprint density at radius 1 is 1.31 bits per heavy atom. The van der Waals surface area contributed by atoms with Crippen molar-refractivity contribution in [2.45, 2.75) is 13.0 Å². The van der Waals surface area contributed by atoms with Crippen LogP contribution in [-0.2, 0) is 9.59 Å². The summed E-state index contributed by atoms with van der Waals surface area (Å²) in [7, 11) is 0. The van der Waals surface area contributed by atoms with E-state index in [9.17, 15) is 9.59 Å². The highest BCUT2D eigenvalue weighted by Gasteiger charge is 2.30. The Morgan fingerprint density at radius 3 is 2.56 bits per heavy atom. The molecule has 0 aromatic heterocycles. The third kappa shape index (κ3) is 2.09. The number of nitrogens with zero attached hydrogens (tertiary/aromatic N) is 1. The summed E-state index contributed by atoms with van der Waals surface area (Å²) < 4.78 is 0.943. The third-order valence-corrected chi connectivity index (χ3v) is 2.98. The fraction of sp³-hybridized carbons (Fsp3) is 0.273. The monoisotopic (exact) mass is 282 g/mol. The Bertz CT molecular complexity index is 430. The number of carbonyl (C=O) groups is 2. The van der Waals surface area contributed by atoms with E-state index in [2.05, 4.69) is 21.2 Å². The molecule has 1 unspecified atom stereocenters. The first-order valence-corrected chi connectivity index (χ1v) is 5.73. The standard InChI is InChI=1S/C11H11BrN2O2/c1-7-11(16)14(6-10(15)13-7)9-4-2-8(12)3-5-9/h2-5,7H,6H2,1H3,(H,13,15). The molecule has 1 aliphatic heterocycles. The molecule has 4 nitrogen and oxygen atoms in total. The van der Waals surface area contributed by atoms with Crippen molar-refractivity contribution < 1.29 is 9.59 Å². The van der Waals surface area contributed by atoms with Gasteiger partial charge in [0.2, 0.25) is 11.8 Å². The van der Waals surface area contributed by atoms with Gasteiger partial charge in [-0.15, -0.1) is 0 Å². The van der Waals surface area contributed by atoms with Gasteiger partial charge in [0.25, 0.3) is 0 Å². The number of rotatable bonds is 1. The van der Waals surface area contributed by atoms with E-state index in [1.807, 2.05) is 24.3 Å². The van der Waals surface area contributed by atoms with Gasteiger partial charge >= 0.3 is 0 Å². The van der Waals surface area contributed by atoms with Crippen LogP contribution >= 0.6 is 15.9 Å². The topological polar surface area (TPSA) is 49.4 Å². The van der Waals surface area contributed by atoms with Crippen molar-refractivity contribution in [3.8, 4) is 0 Å². The van der Waals surface area contributed by atoms with Crippen molar-refractivity contribution in [1.82, 2.24) is 5.32 Å². The zero-order valence-corrected chi connectivity index (χ0v) is 10.3. The Kier molecular flexibility index (Phi) is 2.96. The van der Waals surface area contributed by atoms with Gasteiger partial charge in [0.1, 0.15) is 12.6 Å². The maximum atomic E-state index is 11.9. The summed E-state index contributed by atoms with van der Waals surface area (Å²) in [6.45, 7) is 1.77. The van der Waals surface area contributed by atoms with E-state index in [0.717, 1.165) is 10.2 Å². The molecular weight excluding hydrogens is 272 g/mol. The van der Waals surface area contributed by atoms with Gasteiger partial charge in [0.05, 0.1) is 0 Å². The fourth-order valence-electron chi connectivity index (χ4n) is 1.64. The predicted octanol–water partition coefficient (Wildman–Crippen LogP) is 1.30. The molecule has 2 amide bonds. The largest absolute Gasteiger partial charge is 0.343 e. The molecule has 1 saturated heterocycles. The molecule has 84 valence electrons. The van der Waals surface area contributed by atoms with Crippen LogP contribution in [0.1, 0.15) is 6.92 Å². The van der Waals surface area contributed by atoms with Crippen molar-refractivity contribution in [1.29, 1.82) is 0 Å². The molecule has 1 aromatic rings. The lowest BCUT2D eigenvalue weighted by Crippen LogP contribution is -2.57. The Hall–Kier alpha value is -1.36. The van der Waals surface area contributed by atoms with Crippen LogP contribution in [0, 0.1) is 0 Å². The minimum Gasteiger partial charge on any atom is -0.343 e. The number of benzene rings is 1. The number of halogens is 1. The van der Waals surface area contributed by atoms with Crippen molar-refractivity contribution >= 4 is 33.4 Å². The summed E-state index contributed by atoms with van der Waals surface area (Å²) in [6, 6.07) is 6.87. The molecule has 1 N–H and O–H groups in total. The second-order valence-electron chi connectivity index (χ2n) is 3.69. The van der Waals surface area contributed by atoms with E-state index in [1.165, 1.54) is 4.90 Å². The summed E-state index contributed by atoms with van der Waals surface area (Å²) in [5, 5.41) is 2.60. The molecule has 5 heteroatoms. The number of hydrogen-bond donors (Lipinski definition) is 1. The molecule has 1 atom stereocenters. The first-order chi connectivity index (χ1) is 7.58. The molecule has 0 bridgehead atoms. The molecular formula is C11H11BrN2O2. The van der Waals surface area contributed by atoms with Crippen LogP contribution in [-0.4, -0.2) is 24.4 Å². The van der Waals surface area contributed by atoms with Crippen LogP contribution in [0.2, 0.25) is 0 Å². The number of carbonyl (C=O) groups excluding carboxylic acids is 2. The summed E-state index contributed by atoms with van der Waals surface area (Å²) in [4.78, 5) is 24.7. The maximum Gasteiger partial charge on any atom is 0.249 e. The van der Waals surface area contributed by atoms with E-state index in [0.29, 0.717) is 0 Å².